The Balaban J connectivity index is 1.18. The summed E-state index contributed by atoms with van der Waals surface area (Å²) in [6, 6.07) is 24.5. The second kappa shape index (κ2) is 12.5. The molecule has 2 aliphatic rings. The molecule has 2 aliphatic heterocycles. The van der Waals surface area contributed by atoms with E-state index in [2.05, 4.69) is 41.1 Å². The smallest absolute Gasteiger partial charge is 0.195 e. The molecule has 5 nitrogen and oxygen atoms in total. The quantitative estimate of drug-likeness (QED) is 0.195. The third-order valence-corrected chi connectivity index (χ3v) is 9.51. The molecule has 0 saturated carbocycles. The Hall–Kier alpha value is -3.19. The molecule has 2 saturated heterocycles. The normalized spacial score (nSPS) is 18.3. The number of fused-ring (bicyclic) bond motifs is 1. The van der Waals surface area contributed by atoms with E-state index in [-0.39, 0.29) is 5.78 Å². The lowest BCUT2D eigenvalue weighted by Gasteiger charge is -2.32. The molecule has 40 heavy (non-hydrogen) atoms. The minimum absolute atomic E-state index is 0.0388. The van der Waals surface area contributed by atoms with Gasteiger partial charge in [0.25, 0.3) is 0 Å². The van der Waals surface area contributed by atoms with Gasteiger partial charge in [0.1, 0.15) is 24.7 Å². The third-order valence-electron chi connectivity index (χ3n) is 8.29. The summed E-state index contributed by atoms with van der Waals surface area (Å²) in [6.45, 7) is 5.84. The maximum Gasteiger partial charge on any atom is 0.195 e. The molecule has 2 fully saturated rings. The van der Waals surface area contributed by atoms with Crippen LogP contribution in [0.1, 0.15) is 48.0 Å². The van der Waals surface area contributed by atoms with E-state index < -0.39 is 0 Å². The van der Waals surface area contributed by atoms with Crippen LogP contribution in [0, 0.1) is 0 Å². The van der Waals surface area contributed by atoms with Gasteiger partial charge >= 0.3 is 0 Å². The minimum atomic E-state index is 0.0388. The van der Waals surface area contributed by atoms with Crippen LogP contribution in [-0.2, 0) is 0 Å². The first kappa shape index (κ1) is 27.0. The van der Waals surface area contributed by atoms with Crippen molar-refractivity contribution in [3.63, 3.8) is 0 Å². The molecular weight excluding hydrogens is 516 g/mol. The van der Waals surface area contributed by atoms with Crippen LogP contribution in [-0.4, -0.2) is 68.1 Å². The van der Waals surface area contributed by atoms with Crippen LogP contribution in [0.5, 0.6) is 11.5 Å². The average Bonchev–Trinajstić information content (AvgIpc) is 3.65. The number of hydrogen-bond acceptors (Lipinski definition) is 6. The molecule has 3 heterocycles. The van der Waals surface area contributed by atoms with Gasteiger partial charge in [-0.05, 0) is 113 Å². The number of carbonyl (C=O) groups excluding carboxylic acids is 1. The summed E-state index contributed by atoms with van der Waals surface area (Å²) in [5.41, 5.74) is 2.47. The first-order valence-electron chi connectivity index (χ1n) is 14.6. The summed E-state index contributed by atoms with van der Waals surface area (Å²) in [6.07, 6.45) is 6.28. The van der Waals surface area contributed by atoms with Crippen molar-refractivity contribution in [3.05, 3.63) is 83.9 Å². The van der Waals surface area contributed by atoms with Crippen molar-refractivity contribution in [1.29, 1.82) is 0 Å². The lowest BCUT2D eigenvalue weighted by Crippen LogP contribution is -2.40. The number of ketones is 1. The van der Waals surface area contributed by atoms with Gasteiger partial charge in [0.05, 0.1) is 0 Å². The lowest BCUT2D eigenvalue weighted by atomic mass is 9.97. The van der Waals surface area contributed by atoms with Gasteiger partial charge < -0.3 is 14.4 Å². The molecule has 0 amide bonds. The molecule has 3 aromatic carbocycles. The van der Waals surface area contributed by atoms with Gasteiger partial charge in [-0.15, -0.1) is 11.3 Å². The first-order valence-corrected chi connectivity index (χ1v) is 15.4. The van der Waals surface area contributed by atoms with E-state index in [1.54, 1.807) is 11.3 Å². The van der Waals surface area contributed by atoms with Gasteiger partial charge in [0.15, 0.2) is 5.78 Å². The van der Waals surface area contributed by atoms with Gasteiger partial charge in [-0.3, -0.25) is 9.69 Å². The fourth-order valence-corrected chi connectivity index (χ4v) is 7.07. The maximum absolute atomic E-state index is 13.9. The Kier molecular flexibility index (Phi) is 8.47. The summed E-state index contributed by atoms with van der Waals surface area (Å²) >= 11 is 1.67. The van der Waals surface area contributed by atoms with Crippen LogP contribution < -0.4 is 9.47 Å². The molecule has 1 unspecified atom stereocenters. The third kappa shape index (κ3) is 6.09. The molecular formula is C34H38N2O3S. The zero-order valence-corrected chi connectivity index (χ0v) is 24.1. The Morgan fingerprint density at radius 1 is 0.850 bits per heavy atom. The van der Waals surface area contributed by atoms with Crippen molar-refractivity contribution in [1.82, 2.24) is 9.80 Å². The maximum atomic E-state index is 13.9. The fraction of sp³-hybridized carbons (Fsp3) is 0.382. The number of carbonyl (C=O) groups is 1. The number of thiophene rings is 1. The van der Waals surface area contributed by atoms with Gasteiger partial charge in [-0.2, -0.15) is 0 Å². The Morgan fingerprint density at radius 2 is 1.55 bits per heavy atom. The first-order chi connectivity index (χ1) is 19.7. The van der Waals surface area contributed by atoms with Crippen molar-refractivity contribution >= 4 is 27.2 Å². The minimum Gasteiger partial charge on any atom is -0.492 e. The molecule has 1 aromatic heterocycles. The molecule has 208 valence electrons. The van der Waals surface area contributed by atoms with E-state index in [1.165, 1.54) is 45.2 Å². The molecule has 4 aromatic rings. The number of nitrogens with zero attached hydrogens (tertiary/aromatic N) is 2. The van der Waals surface area contributed by atoms with Gasteiger partial charge in [0, 0.05) is 38.7 Å². The van der Waals surface area contributed by atoms with E-state index in [9.17, 15) is 4.79 Å². The highest BCUT2D eigenvalue weighted by Gasteiger charge is 2.22. The number of hydrogen-bond donors (Lipinski definition) is 0. The zero-order valence-electron chi connectivity index (χ0n) is 23.3. The summed E-state index contributed by atoms with van der Waals surface area (Å²) < 4.78 is 13.2. The number of ether oxygens (including phenoxy) is 2. The second-order valence-electron chi connectivity index (χ2n) is 11.0. The SMILES string of the molecule is CN1CCCCC1COc1ccc(C(=O)c2c(-c3ccc(OCCN4CCCC4)cc3)sc3ccccc23)cc1. The molecule has 0 aliphatic carbocycles. The molecule has 6 rings (SSSR count). The van der Waals surface area contributed by atoms with E-state index in [4.69, 9.17) is 9.47 Å². The topological polar surface area (TPSA) is 42.0 Å². The van der Waals surface area contributed by atoms with Crippen molar-refractivity contribution in [3.8, 4) is 21.9 Å². The Bertz CT molecular complexity index is 1420. The van der Waals surface area contributed by atoms with Crippen molar-refractivity contribution in [2.45, 2.75) is 38.1 Å². The summed E-state index contributed by atoms with van der Waals surface area (Å²) in [4.78, 5) is 19.8. The van der Waals surface area contributed by atoms with Crippen LogP contribution in [0.4, 0.5) is 0 Å². The summed E-state index contributed by atoms with van der Waals surface area (Å²) in [5.74, 6) is 1.72. The largest absolute Gasteiger partial charge is 0.492 e. The second-order valence-corrected chi connectivity index (χ2v) is 12.1. The molecule has 0 spiro atoms. The lowest BCUT2D eigenvalue weighted by molar-refractivity contribution is 0.104. The number of rotatable bonds is 10. The van der Waals surface area contributed by atoms with Gasteiger partial charge in [-0.1, -0.05) is 24.6 Å². The molecule has 6 heteroatoms. The number of piperidine rings is 1. The van der Waals surface area contributed by atoms with Crippen LogP contribution in [0.15, 0.2) is 72.8 Å². The zero-order chi connectivity index (χ0) is 27.3. The fourth-order valence-electron chi connectivity index (χ4n) is 5.87. The van der Waals surface area contributed by atoms with Crippen LogP contribution >= 0.6 is 11.3 Å². The predicted molar refractivity (Wildman–Crippen MR) is 164 cm³/mol. The summed E-state index contributed by atoms with van der Waals surface area (Å²) in [7, 11) is 2.17. The Morgan fingerprint density at radius 3 is 2.33 bits per heavy atom. The van der Waals surface area contributed by atoms with Crippen molar-refractivity contribution in [2.75, 3.05) is 46.4 Å². The average molecular weight is 555 g/mol. The monoisotopic (exact) mass is 554 g/mol. The number of likely N-dealkylation sites (tertiary alicyclic amines) is 2. The molecule has 0 bridgehead atoms. The van der Waals surface area contributed by atoms with E-state index in [0.717, 1.165) is 50.7 Å². The highest BCUT2D eigenvalue weighted by Crippen LogP contribution is 2.40. The van der Waals surface area contributed by atoms with Crippen molar-refractivity contribution < 1.29 is 14.3 Å². The summed E-state index contributed by atoms with van der Waals surface area (Å²) in [5, 5.41) is 0.999. The highest BCUT2D eigenvalue weighted by atomic mass is 32.1. The number of likely N-dealkylation sites (N-methyl/N-ethyl adjacent to an activating group) is 1. The van der Waals surface area contributed by atoms with E-state index in [1.807, 2.05) is 48.5 Å². The van der Waals surface area contributed by atoms with E-state index >= 15 is 0 Å². The number of benzene rings is 3. The standard InChI is InChI=1S/C34H38N2O3S/c1-35-19-5-4-8-27(35)24-39-29-15-11-25(12-16-29)33(37)32-30-9-2-3-10-31(30)40-34(32)26-13-17-28(18-14-26)38-23-22-36-20-6-7-21-36/h2-3,9-18,27H,4-8,19-24H2,1H3. The van der Waals surface area contributed by atoms with Crippen molar-refractivity contribution in [2.24, 2.45) is 0 Å². The van der Waals surface area contributed by atoms with Crippen LogP contribution in [0.3, 0.4) is 0 Å². The predicted octanol–water partition coefficient (Wildman–Crippen LogP) is 7.14. The van der Waals surface area contributed by atoms with Crippen LogP contribution in [0.2, 0.25) is 0 Å². The van der Waals surface area contributed by atoms with E-state index in [0.29, 0.717) is 24.8 Å². The van der Waals surface area contributed by atoms with Gasteiger partial charge in [0.2, 0.25) is 0 Å². The Labute approximate surface area is 241 Å². The highest BCUT2D eigenvalue weighted by molar-refractivity contribution is 7.22. The van der Waals surface area contributed by atoms with Crippen LogP contribution in [0.25, 0.3) is 20.5 Å². The molecule has 1 atom stereocenters. The molecule has 0 radical (unpaired) electrons. The molecule has 0 N–H and O–H groups in total. The van der Waals surface area contributed by atoms with Gasteiger partial charge in [-0.25, -0.2) is 0 Å².